The molecule has 0 aliphatic heterocycles. The molecule has 0 aliphatic rings. The first kappa shape index (κ1) is 10.1. The van der Waals surface area contributed by atoms with E-state index in [1.165, 1.54) is 0 Å². The molecule has 68 valence electrons. The molecular formula is C10H11NOS. The average molecular weight is 193 g/mol. The molecular weight excluding hydrogens is 182 g/mol. The highest BCUT2D eigenvalue weighted by Crippen LogP contribution is 1.97. The van der Waals surface area contributed by atoms with E-state index < -0.39 is 0 Å². The lowest BCUT2D eigenvalue weighted by Crippen LogP contribution is -1.90. The Balaban J connectivity index is 2.73. The van der Waals surface area contributed by atoms with Crippen molar-refractivity contribution in [1.29, 1.82) is 0 Å². The van der Waals surface area contributed by atoms with Crippen LogP contribution in [0.4, 0.5) is 0 Å². The van der Waals surface area contributed by atoms with Crippen LogP contribution in [-0.4, -0.2) is 15.8 Å². The molecule has 13 heavy (non-hydrogen) atoms. The zero-order valence-electron chi connectivity index (χ0n) is 7.20. The Morgan fingerprint density at radius 1 is 1.46 bits per heavy atom. The minimum absolute atomic E-state index is 0.0396. The second-order valence-electron chi connectivity index (χ2n) is 2.45. The second-order valence-corrected chi connectivity index (χ2v) is 2.89. The highest BCUT2D eigenvalue weighted by Gasteiger charge is 1.91. The summed E-state index contributed by atoms with van der Waals surface area (Å²) in [5.74, 6) is 6.59. The molecule has 0 aromatic carbocycles. The summed E-state index contributed by atoms with van der Waals surface area (Å²) in [6.45, 7) is -0.0396. The van der Waals surface area contributed by atoms with E-state index in [2.05, 4.69) is 29.5 Å². The van der Waals surface area contributed by atoms with Gasteiger partial charge in [0, 0.05) is 12.2 Å². The smallest absolute Gasteiger partial charge is 0.113 e. The predicted octanol–water partition coefficient (Wildman–Crippen LogP) is 1.25. The number of nitrogens with zero attached hydrogens (tertiary/aromatic N) is 1. The Kier molecular flexibility index (Phi) is 4.37. The van der Waals surface area contributed by atoms with Crippen LogP contribution in [0.3, 0.4) is 0 Å². The highest BCUT2D eigenvalue weighted by atomic mass is 32.1. The molecule has 0 unspecified atom stereocenters. The Morgan fingerprint density at radius 3 is 3.00 bits per heavy atom. The fourth-order valence-corrected chi connectivity index (χ4v) is 0.958. The van der Waals surface area contributed by atoms with Crippen molar-refractivity contribution in [3.8, 4) is 11.8 Å². The van der Waals surface area contributed by atoms with Crippen molar-refractivity contribution in [3.05, 3.63) is 29.6 Å². The molecule has 0 saturated heterocycles. The van der Waals surface area contributed by atoms with Gasteiger partial charge in [0.15, 0.2) is 0 Å². The molecule has 0 atom stereocenters. The topological polar surface area (TPSA) is 33.1 Å². The van der Waals surface area contributed by atoms with Crippen LogP contribution in [0.5, 0.6) is 0 Å². The van der Waals surface area contributed by atoms with Gasteiger partial charge in [0.1, 0.15) is 5.69 Å². The summed E-state index contributed by atoms with van der Waals surface area (Å²) < 4.78 is 0. The Labute approximate surface area is 83.4 Å². The third-order valence-corrected chi connectivity index (χ3v) is 1.65. The van der Waals surface area contributed by atoms with Crippen LogP contribution < -0.4 is 0 Å². The molecule has 2 nitrogen and oxygen atoms in total. The van der Waals surface area contributed by atoms with Gasteiger partial charge in [-0.1, -0.05) is 12.0 Å². The lowest BCUT2D eigenvalue weighted by molar-refractivity contribution is 0.277. The standard InChI is InChI=1S/C10H11NOS/c12-8-10-6-3-5-9(11-10)4-1-2-7-13/h3,5-6,12-13H,2,7-8H2. The minimum atomic E-state index is -0.0396. The highest BCUT2D eigenvalue weighted by molar-refractivity contribution is 7.80. The van der Waals surface area contributed by atoms with Gasteiger partial charge in [-0.2, -0.15) is 12.6 Å². The number of aliphatic hydroxyl groups excluding tert-OH is 1. The molecule has 0 fully saturated rings. The summed E-state index contributed by atoms with van der Waals surface area (Å²) in [5.41, 5.74) is 1.35. The van der Waals surface area contributed by atoms with E-state index in [1.54, 1.807) is 6.07 Å². The van der Waals surface area contributed by atoms with Crippen molar-refractivity contribution in [2.75, 3.05) is 5.75 Å². The minimum Gasteiger partial charge on any atom is -0.390 e. The maximum absolute atomic E-state index is 8.81. The van der Waals surface area contributed by atoms with Crippen molar-refractivity contribution >= 4 is 12.6 Å². The number of hydrogen-bond donors (Lipinski definition) is 2. The molecule has 3 heteroatoms. The van der Waals surface area contributed by atoms with E-state index in [1.807, 2.05) is 12.1 Å². The number of hydrogen-bond acceptors (Lipinski definition) is 3. The predicted molar refractivity (Wildman–Crippen MR) is 55.5 cm³/mol. The Morgan fingerprint density at radius 2 is 2.31 bits per heavy atom. The van der Waals surface area contributed by atoms with E-state index in [0.717, 1.165) is 12.2 Å². The van der Waals surface area contributed by atoms with E-state index in [4.69, 9.17) is 5.11 Å². The van der Waals surface area contributed by atoms with Crippen LogP contribution in [0.25, 0.3) is 0 Å². The van der Waals surface area contributed by atoms with Crippen LogP contribution >= 0.6 is 12.6 Å². The van der Waals surface area contributed by atoms with Gasteiger partial charge < -0.3 is 5.11 Å². The first-order valence-corrected chi connectivity index (χ1v) is 4.66. The van der Waals surface area contributed by atoms with Gasteiger partial charge in [-0.15, -0.1) is 0 Å². The fourth-order valence-electron chi connectivity index (χ4n) is 0.846. The monoisotopic (exact) mass is 193 g/mol. The van der Waals surface area contributed by atoms with Gasteiger partial charge >= 0.3 is 0 Å². The SMILES string of the molecule is OCc1cccc(C#CCCS)n1. The van der Waals surface area contributed by atoms with Crippen molar-refractivity contribution in [1.82, 2.24) is 4.98 Å². The summed E-state index contributed by atoms with van der Waals surface area (Å²) in [6, 6.07) is 5.43. The van der Waals surface area contributed by atoms with E-state index in [0.29, 0.717) is 11.4 Å². The van der Waals surface area contributed by atoms with Crippen LogP contribution in [0.2, 0.25) is 0 Å². The summed E-state index contributed by atoms with van der Waals surface area (Å²) >= 11 is 4.04. The van der Waals surface area contributed by atoms with Crippen LogP contribution in [0.1, 0.15) is 17.8 Å². The molecule has 1 aromatic heterocycles. The second kappa shape index (κ2) is 5.63. The maximum Gasteiger partial charge on any atom is 0.113 e. The number of pyridine rings is 1. The number of rotatable bonds is 2. The van der Waals surface area contributed by atoms with Crippen LogP contribution in [0.15, 0.2) is 18.2 Å². The first-order valence-electron chi connectivity index (χ1n) is 4.03. The quantitative estimate of drug-likeness (QED) is 0.547. The molecule has 0 bridgehead atoms. The molecule has 1 aromatic rings. The van der Waals surface area contributed by atoms with Gasteiger partial charge in [0.25, 0.3) is 0 Å². The summed E-state index contributed by atoms with van der Waals surface area (Å²) in [5, 5.41) is 8.81. The summed E-state index contributed by atoms with van der Waals surface area (Å²) in [6.07, 6.45) is 0.758. The zero-order valence-corrected chi connectivity index (χ0v) is 8.09. The fraction of sp³-hybridized carbons (Fsp3) is 0.300. The molecule has 1 rings (SSSR count). The molecule has 0 radical (unpaired) electrons. The van der Waals surface area contributed by atoms with Crippen molar-refractivity contribution in [3.63, 3.8) is 0 Å². The van der Waals surface area contributed by atoms with Crippen LogP contribution in [0, 0.1) is 11.8 Å². The molecule has 0 aliphatic carbocycles. The molecule has 0 amide bonds. The molecule has 0 saturated carbocycles. The molecule has 1 N–H and O–H groups in total. The maximum atomic E-state index is 8.81. The lowest BCUT2D eigenvalue weighted by atomic mass is 10.3. The van der Waals surface area contributed by atoms with Crippen molar-refractivity contribution < 1.29 is 5.11 Å². The number of aliphatic hydroxyl groups is 1. The van der Waals surface area contributed by atoms with Gasteiger partial charge in [-0.3, -0.25) is 0 Å². The number of aromatic nitrogens is 1. The third-order valence-electron chi connectivity index (χ3n) is 1.42. The average Bonchev–Trinajstić information content (AvgIpc) is 2.19. The largest absolute Gasteiger partial charge is 0.390 e. The Bertz CT molecular complexity index is 327. The third kappa shape index (κ3) is 3.49. The van der Waals surface area contributed by atoms with E-state index in [-0.39, 0.29) is 6.61 Å². The van der Waals surface area contributed by atoms with Gasteiger partial charge in [-0.25, -0.2) is 4.98 Å². The van der Waals surface area contributed by atoms with Gasteiger partial charge in [0.05, 0.1) is 12.3 Å². The summed E-state index contributed by atoms with van der Waals surface area (Å²) in [4.78, 5) is 4.11. The van der Waals surface area contributed by atoms with Gasteiger partial charge in [-0.05, 0) is 18.1 Å². The van der Waals surface area contributed by atoms with Crippen molar-refractivity contribution in [2.24, 2.45) is 0 Å². The lowest BCUT2D eigenvalue weighted by Gasteiger charge is -1.94. The summed E-state index contributed by atoms with van der Waals surface area (Å²) in [7, 11) is 0. The van der Waals surface area contributed by atoms with Crippen LogP contribution in [-0.2, 0) is 6.61 Å². The first-order chi connectivity index (χ1) is 6.36. The molecule has 1 heterocycles. The molecule has 0 spiro atoms. The zero-order chi connectivity index (χ0) is 9.52. The Hall–Kier alpha value is -0.980. The van der Waals surface area contributed by atoms with Gasteiger partial charge in [0.2, 0.25) is 0 Å². The van der Waals surface area contributed by atoms with E-state index in [9.17, 15) is 0 Å². The number of thiol groups is 1. The van der Waals surface area contributed by atoms with E-state index >= 15 is 0 Å². The van der Waals surface area contributed by atoms with Crippen molar-refractivity contribution in [2.45, 2.75) is 13.0 Å². The normalized spacial score (nSPS) is 9.08.